The second kappa shape index (κ2) is 5.67. The molecule has 98 valence electrons. The Hall–Kier alpha value is -2.14. The fourth-order valence-electron chi connectivity index (χ4n) is 1.56. The van der Waals surface area contributed by atoms with Crippen LogP contribution in [-0.2, 0) is 6.54 Å². The van der Waals surface area contributed by atoms with E-state index < -0.39 is 4.92 Å². The van der Waals surface area contributed by atoms with Gasteiger partial charge in [-0.1, -0.05) is 17.7 Å². The zero-order valence-corrected chi connectivity index (χ0v) is 10.5. The average molecular weight is 281 g/mol. The summed E-state index contributed by atoms with van der Waals surface area (Å²) in [5.74, 6) is -0.387. The molecule has 0 saturated carbocycles. The van der Waals surface area contributed by atoms with Crippen molar-refractivity contribution in [2.75, 3.05) is 5.32 Å². The zero-order chi connectivity index (χ0) is 13.8. The van der Waals surface area contributed by atoms with Crippen molar-refractivity contribution in [2.45, 2.75) is 6.54 Å². The first-order valence-electron chi connectivity index (χ1n) is 5.48. The van der Waals surface area contributed by atoms with Crippen molar-refractivity contribution in [1.29, 1.82) is 0 Å². The van der Waals surface area contributed by atoms with E-state index in [1.165, 1.54) is 18.2 Å². The van der Waals surface area contributed by atoms with Crippen LogP contribution in [0.15, 0.2) is 42.5 Å². The van der Waals surface area contributed by atoms with Gasteiger partial charge in [-0.3, -0.25) is 10.1 Å². The van der Waals surface area contributed by atoms with Gasteiger partial charge in [-0.15, -0.1) is 0 Å². The molecule has 0 spiro atoms. The Balaban J connectivity index is 2.04. The molecule has 0 bridgehead atoms. The molecule has 0 unspecified atom stereocenters. The number of nitro groups is 1. The molecular formula is C13H10ClFN2O2. The lowest BCUT2D eigenvalue weighted by Gasteiger charge is -2.07. The van der Waals surface area contributed by atoms with Gasteiger partial charge in [0.15, 0.2) is 0 Å². The van der Waals surface area contributed by atoms with Crippen LogP contribution in [0, 0.1) is 15.9 Å². The fourth-order valence-corrected chi connectivity index (χ4v) is 1.72. The van der Waals surface area contributed by atoms with Crippen molar-refractivity contribution in [2.24, 2.45) is 0 Å². The van der Waals surface area contributed by atoms with Crippen LogP contribution in [0.1, 0.15) is 5.56 Å². The van der Waals surface area contributed by atoms with Crippen LogP contribution in [0.3, 0.4) is 0 Å². The van der Waals surface area contributed by atoms with Crippen molar-refractivity contribution < 1.29 is 9.31 Å². The van der Waals surface area contributed by atoms with Gasteiger partial charge in [0.1, 0.15) is 5.82 Å². The van der Waals surface area contributed by atoms with Crippen molar-refractivity contribution in [3.63, 3.8) is 0 Å². The van der Waals surface area contributed by atoms with E-state index in [2.05, 4.69) is 5.32 Å². The molecular weight excluding hydrogens is 271 g/mol. The monoisotopic (exact) mass is 280 g/mol. The predicted octanol–water partition coefficient (Wildman–Crippen LogP) is 4.00. The quantitative estimate of drug-likeness (QED) is 0.680. The van der Waals surface area contributed by atoms with Crippen LogP contribution in [0.4, 0.5) is 15.8 Å². The molecule has 19 heavy (non-hydrogen) atoms. The molecule has 1 N–H and O–H groups in total. The van der Waals surface area contributed by atoms with E-state index in [1.807, 2.05) is 0 Å². The van der Waals surface area contributed by atoms with E-state index in [1.54, 1.807) is 24.3 Å². The third kappa shape index (κ3) is 3.42. The Morgan fingerprint density at radius 1 is 1.21 bits per heavy atom. The summed E-state index contributed by atoms with van der Waals surface area (Å²) in [6.07, 6.45) is 0. The molecule has 0 radical (unpaired) electrons. The number of non-ortho nitro benzene ring substituents is 1. The lowest BCUT2D eigenvalue weighted by molar-refractivity contribution is -0.384. The maximum atomic E-state index is 13.5. The molecule has 2 aromatic carbocycles. The Morgan fingerprint density at radius 2 is 1.89 bits per heavy atom. The molecule has 0 atom stereocenters. The molecule has 0 aromatic heterocycles. The number of benzene rings is 2. The topological polar surface area (TPSA) is 55.2 Å². The van der Waals surface area contributed by atoms with Gasteiger partial charge in [-0.25, -0.2) is 4.39 Å². The highest BCUT2D eigenvalue weighted by atomic mass is 35.5. The SMILES string of the molecule is O=[N+]([O-])c1ccc(NCc2ccc(Cl)cc2F)cc1. The summed E-state index contributed by atoms with van der Waals surface area (Å²) < 4.78 is 13.5. The normalized spacial score (nSPS) is 10.2. The van der Waals surface area contributed by atoms with Gasteiger partial charge >= 0.3 is 0 Å². The summed E-state index contributed by atoms with van der Waals surface area (Å²) in [4.78, 5) is 10.0. The molecule has 2 aromatic rings. The first-order valence-corrected chi connectivity index (χ1v) is 5.86. The molecule has 2 rings (SSSR count). The van der Waals surface area contributed by atoms with Crippen molar-refractivity contribution in [3.8, 4) is 0 Å². The van der Waals surface area contributed by atoms with E-state index in [-0.39, 0.29) is 18.0 Å². The summed E-state index contributed by atoms with van der Waals surface area (Å²) in [6.45, 7) is 0.279. The Kier molecular flexibility index (Phi) is 3.97. The predicted molar refractivity (Wildman–Crippen MR) is 71.8 cm³/mol. The number of hydrogen-bond acceptors (Lipinski definition) is 3. The summed E-state index contributed by atoms with van der Waals surface area (Å²) in [6, 6.07) is 10.4. The molecule has 0 saturated heterocycles. The maximum absolute atomic E-state index is 13.5. The standard InChI is InChI=1S/C13H10ClFN2O2/c14-10-2-1-9(13(15)7-10)8-16-11-3-5-12(6-4-11)17(18)19/h1-7,16H,8H2. The highest BCUT2D eigenvalue weighted by molar-refractivity contribution is 6.30. The summed E-state index contributed by atoms with van der Waals surface area (Å²) in [5, 5.41) is 13.8. The molecule has 6 heteroatoms. The Labute approximate surface area is 114 Å². The highest BCUT2D eigenvalue weighted by Crippen LogP contribution is 2.18. The van der Waals surface area contributed by atoms with Crippen LogP contribution >= 0.6 is 11.6 Å². The molecule has 0 aliphatic rings. The lowest BCUT2D eigenvalue weighted by Crippen LogP contribution is -2.01. The van der Waals surface area contributed by atoms with Gasteiger partial charge < -0.3 is 5.32 Å². The Bertz CT molecular complexity index is 602. The maximum Gasteiger partial charge on any atom is 0.269 e. The molecule has 0 amide bonds. The average Bonchev–Trinajstić information content (AvgIpc) is 2.38. The van der Waals surface area contributed by atoms with Gasteiger partial charge in [0.25, 0.3) is 5.69 Å². The van der Waals surface area contributed by atoms with Gasteiger partial charge in [-0.05, 0) is 24.3 Å². The second-order valence-corrected chi connectivity index (χ2v) is 4.33. The minimum absolute atomic E-state index is 0.0169. The minimum atomic E-state index is -0.470. The highest BCUT2D eigenvalue weighted by Gasteiger charge is 2.05. The van der Waals surface area contributed by atoms with E-state index in [0.717, 1.165) is 0 Å². The molecule has 4 nitrogen and oxygen atoms in total. The number of anilines is 1. The number of nitrogens with zero attached hydrogens (tertiary/aromatic N) is 1. The minimum Gasteiger partial charge on any atom is -0.381 e. The largest absolute Gasteiger partial charge is 0.381 e. The van der Waals surface area contributed by atoms with Crippen LogP contribution in [0.2, 0.25) is 5.02 Å². The van der Waals surface area contributed by atoms with Gasteiger partial charge in [0.05, 0.1) is 4.92 Å². The van der Waals surface area contributed by atoms with Crippen molar-refractivity contribution in [3.05, 3.63) is 69.0 Å². The van der Waals surface area contributed by atoms with Crippen LogP contribution in [0.5, 0.6) is 0 Å². The first kappa shape index (κ1) is 13.3. The first-order chi connectivity index (χ1) is 9.06. The smallest absolute Gasteiger partial charge is 0.269 e. The van der Waals surface area contributed by atoms with Gasteiger partial charge in [0, 0.05) is 35.0 Å². The van der Waals surface area contributed by atoms with Gasteiger partial charge in [0.2, 0.25) is 0 Å². The number of nitrogens with one attached hydrogen (secondary N) is 1. The summed E-state index contributed by atoms with van der Waals surface area (Å²) >= 11 is 5.66. The van der Waals surface area contributed by atoms with E-state index in [9.17, 15) is 14.5 Å². The third-order valence-electron chi connectivity index (χ3n) is 2.58. The fraction of sp³-hybridized carbons (Fsp3) is 0.0769. The van der Waals surface area contributed by atoms with Crippen molar-refractivity contribution in [1.82, 2.24) is 0 Å². The van der Waals surface area contributed by atoms with Crippen LogP contribution < -0.4 is 5.32 Å². The lowest BCUT2D eigenvalue weighted by atomic mass is 10.2. The molecule has 0 aliphatic carbocycles. The van der Waals surface area contributed by atoms with E-state index in [0.29, 0.717) is 16.3 Å². The Morgan fingerprint density at radius 3 is 2.47 bits per heavy atom. The van der Waals surface area contributed by atoms with Crippen LogP contribution in [-0.4, -0.2) is 4.92 Å². The molecule has 0 fully saturated rings. The summed E-state index contributed by atoms with van der Waals surface area (Å²) in [7, 11) is 0. The third-order valence-corrected chi connectivity index (χ3v) is 2.81. The number of rotatable bonds is 4. The number of halogens is 2. The molecule has 0 aliphatic heterocycles. The van der Waals surface area contributed by atoms with Gasteiger partial charge in [-0.2, -0.15) is 0 Å². The van der Waals surface area contributed by atoms with Crippen LogP contribution in [0.25, 0.3) is 0 Å². The van der Waals surface area contributed by atoms with E-state index >= 15 is 0 Å². The van der Waals surface area contributed by atoms with E-state index in [4.69, 9.17) is 11.6 Å². The number of hydrogen-bond donors (Lipinski definition) is 1. The number of nitro benzene ring substituents is 1. The second-order valence-electron chi connectivity index (χ2n) is 3.89. The molecule has 0 heterocycles. The summed E-state index contributed by atoms with van der Waals surface area (Å²) in [5.41, 5.74) is 1.17. The zero-order valence-electron chi connectivity index (χ0n) is 9.77. The van der Waals surface area contributed by atoms with Crippen molar-refractivity contribution >= 4 is 23.0 Å².